The topological polar surface area (TPSA) is 71.3 Å². The number of fused-ring (bicyclic) bond motifs is 1. The number of nitrogens with one attached hydrogen (secondary N) is 2. The Morgan fingerprint density at radius 2 is 1.54 bits per heavy atom. The van der Waals surface area contributed by atoms with Gasteiger partial charge in [-0.3, -0.25) is 4.79 Å². The van der Waals surface area contributed by atoms with E-state index in [1.165, 1.54) is 0 Å². The van der Waals surface area contributed by atoms with Crippen molar-refractivity contribution in [2.45, 2.75) is 13.1 Å². The number of aromatic nitrogens is 3. The molecule has 0 radical (unpaired) electrons. The molecule has 3 aromatic carbocycles. The minimum atomic E-state index is -0.324. The number of carbonyl (C=O) groups is 1. The van der Waals surface area contributed by atoms with Gasteiger partial charge in [-0.05, 0) is 45.3 Å². The first-order valence-electron chi connectivity index (χ1n) is 11.2. The highest BCUT2D eigenvalue weighted by Crippen LogP contribution is 2.30. The van der Waals surface area contributed by atoms with Crippen molar-refractivity contribution in [1.29, 1.82) is 0 Å². The predicted molar refractivity (Wildman–Crippen MR) is 153 cm³/mol. The molecule has 0 aliphatic heterocycles. The van der Waals surface area contributed by atoms with Crippen LogP contribution in [0.1, 0.15) is 21.5 Å². The molecule has 2 N–H and O–H groups in total. The number of hydrogen-bond acceptors (Lipinski definition) is 4. The number of carbonyl (C=O) groups excluding carboxylic acids is 1. The van der Waals surface area contributed by atoms with Gasteiger partial charge in [-0.2, -0.15) is 9.61 Å². The lowest BCUT2D eigenvalue weighted by Gasteiger charge is -2.13. The third-order valence-electron chi connectivity index (χ3n) is 5.69. The highest BCUT2D eigenvalue weighted by molar-refractivity contribution is 9.10. The van der Waals surface area contributed by atoms with Crippen LogP contribution in [0, 0.1) is 0 Å². The molecule has 5 rings (SSSR count). The molecule has 0 fully saturated rings. The first kappa shape index (κ1) is 25.5. The van der Waals surface area contributed by atoms with Gasteiger partial charge in [-0.25, -0.2) is 4.98 Å². The van der Waals surface area contributed by atoms with Crippen molar-refractivity contribution in [3.63, 3.8) is 0 Å². The Bertz CT molecular complexity index is 1600. The molecule has 0 aliphatic carbocycles. The van der Waals surface area contributed by atoms with Gasteiger partial charge in [0.05, 0.1) is 32.0 Å². The SMILES string of the molecule is O=C(NCc1cccc(CNc2cc(-c3ccccc3Cl)nc3c(Br)cnn23)c1)c1c(Cl)cccc1Cl. The number of nitrogens with zero attached hydrogens (tertiary/aromatic N) is 3. The summed E-state index contributed by atoms with van der Waals surface area (Å²) in [6.45, 7) is 0.854. The third-order valence-corrected chi connectivity index (χ3v) is 7.21. The molecule has 1 amide bonds. The molecule has 37 heavy (non-hydrogen) atoms. The third kappa shape index (κ3) is 5.60. The zero-order valence-electron chi connectivity index (χ0n) is 19.2. The minimum absolute atomic E-state index is 0.269. The van der Waals surface area contributed by atoms with Gasteiger partial charge >= 0.3 is 0 Å². The Kier molecular flexibility index (Phi) is 7.67. The summed E-state index contributed by atoms with van der Waals surface area (Å²) in [6, 6.07) is 22.4. The van der Waals surface area contributed by atoms with Gasteiger partial charge in [-0.15, -0.1) is 0 Å². The summed E-state index contributed by atoms with van der Waals surface area (Å²) >= 11 is 22.3. The Morgan fingerprint density at radius 1 is 0.865 bits per heavy atom. The molecule has 186 valence electrons. The quantitative estimate of drug-likeness (QED) is 0.197. The number of anilines is 1. The summed E-state index contributed by atoms with van der Waals surface area (Å²) in [5.41, 5.74) is 4.47. The maximum Gasteiger partial charge on any atom is 0.254 e. The first-order valence-corrected chi connectivity index (χ1v) is 13.2. The number of rotatable bonds is 7. The largest absolute Gasteiger partial charge is 0.366 e. The van der Waals surface area contributed by atoms with Gasteiger partial charge in [-0.1, -0.05) is 83.3 Å². The summed E-state index contributed by atoms with van der Waals surface area (Å²) in [6.07, 6.45) is 1.71. The monoisotopic (exact) mass is 613 g/mol. The van der Waals surface area contributed by atoms with Crippen LogP contribution in [0.25, 0.3) is 16.9 Å². The zero-order chi connectivity index (χ0) is 25.9. The fourth-order valence-corrected chi connectivity index (χ4v) is 5.05. The fraction of sp³-hybridized carbons (Fsp3) is 0.0741. The van der Waals surface area contributed by atoms with Crippen molar-refractivity contribution in [2.24, 2.45) is 0 Å². The van der Waals surface area contributed by atoms with Crippen molar-refractivity contribution in [1.82, 2.24) is 19.9 Å². The summed E-state index contributed by atoms with van der Waals surface area (Å²) in [5.74, 6) is 0.437. The van der Waals surface area contributed by atoms with Gasteiger partial charge in [0.25, 0.3) is 5.91 Å². The van der Waals surface area contributed by atoms with E-state index < -0.39 is 0 Å². The van der Waals surface area contributed by atoms with E-state index in [9.17, 15) is 4.79 Å². The highest BCUT2D eigenvalue weighted by Gasteiger charge is 2.15. The Labute approximate surface area is 236 Å². The molecule has 2 aromatic heterocycles. The van der Waals surface area contributed by atoms with Crippen LogP contribution in [0.5, 0.6) is 0 Å². The number of benzene rings is 3. The van der Waals surface area contributed by atoms with E-state index in [-0.39, 0.29) is 11.5 Å². The van der Waals surface area contributed by atoms with Crippen molar-refractivity contribution in [2.75, 3.05) is 5.32 Å². The number of amides is 1. The predicted octanol–water partition coefficient (Wildman–Crippen LogP) is 7.66. The molecule has 0 saturated heterocycles. The number of halogens is 4. The van der Waals surface area contributed by atoms with Crippen molar-refractivity contribution in [3.05, 3.63) is 115 Å². The smallest absolute Gasteiger partial charge is 0.254 e. The van der Waals surface area contributed by atoms with E-state index in [1.54, 1.807) is 28.9 Å². The van der Waals surface area contributed by atoms with E-state index in [2.05, 4.69) is 31.7 Å². The van der Waals surface area contributed by atoms with Crippen LogP contribution in [0.15, 0.2) is 83.5 Å². The average molecular weight is 616 g/mol. The van der Waals surface area contributed by atoms with Crippen LogP contribution in [0.4, 0.5) is 5.82 Å². The highest BCUT2D eigenvalue weighted by atomic mass is 79.9. The minimum Gasteiger partial charge on any atom is -0.366 e. The van der Waals surface area contributed by atoms with Gasteiger partial charge in [0.15, 0.2) is 5.65 Å². The van der Waals surface area contributed by atoms with Crippen LogP contribution in [0.2, 0.25) is 15.1 Å². The van der Waals surface area contributed by atoms with E-state index in [0.29, 0.717) is 33.8 Å². The second-order valence-electron chi connectivity index (χ2n) is 8.19. The summed E-state index contributed by atoms with van der Waals surface area (Å²) in [4.78, 5) is 17.4. The zero-order valence-corrected chi connectivity index (χ0v) is 23.0. The lowest BCUT2D eigenvalue weighted by Crippen LogP contribution is -2.23. The average Bonchev–Trinajstić information content (AvgIpc) is 3.27. The van der Waals surface area contributed by atoms with Gasteiger partial charge in [0.2, 0.25) is 0 Å². The molecule has 2 heterocycles. The fourth-order valence-electron chi connectivity index (χ4n) is 3.90. The maximum atomic E-state index is 12.6. The van der Waals surface area contributed by atoms with Crippen LogP contribution < -0.4 is 10.6 Å². The Morgan fingerprint density at radius 3 is 2.30 bits per heavy atom. The molecule has 0 atom stereocenters. The Balaban J connectivity index is 1.34. The van der Waals surface area contributed by atoms with Crippen LogP contribution in [0.3, 0.4) is 0 Å². The van der Waals surface area contributed by atoms with E-state index >= 15 is 0 Å². The summed E-state index contributed by atoms with van der Waals surface area (Å²) < 4.78 is 2.52. The molecule has 0 aliphatic rings. The lowest BCUT2D eigenvalue weighted by atomic mass is 10.1. The molecule has 6 nitrogen and oxygen atoms in total. The normalized spacial score (nSPS) is 11.0. The van der Waals surface area contributed by atoms with Crippen LogP contribution >= 0.6 is 50.7 Å². The molecule has 0 spiro atoms. The molecular weight excluding hydrogens is 597 g/mol. The Hall–Kier alpha value is -3.10. The van der Waals surface area contributed by atoms with E-state index in [4.69, 9.17) is 39.8 Å². The van der Waals surface area contributed by atoms with Gasteiger partial charge in [0, 0.05) is 29.7 Å². The van der Waals surface area contributed by atoms with E-state index in [0.717, 1.165) is 32.7 Å². The molecule has 10 heteroatoms. The van der Waals surface area contributed by atoms with Gasteiger partial charge < -0.3 is 10.6 Å². The van der Waals surface area contributed by atoms with Crippen molar-refractivity contribution < 1.29 is 4.79 Å². The second-order valence-corrected chi connectivity index (χ2v) is 10.3. The molecule has 5 aromatic rings. The summed E-state index contributed by atoms with van der Waals surface area (Å²) in [7, 11) is 0. The molecule has 0 unspecified atom stereocenters. The van der Waals surface area contributed by atoms with Crippen LogP contribution in [-0.2, 0) is 13.1 Å². The summed E-state index contributed by atoms with van der Waals surface area (Å²) in [5, 5.41) is 12.0. The van der Waals surface area contributed by atoms with Gasteiger partial charge in [0.1, 0.15) is 5.82 Å². The standard InChI is InChI=1S/C27H19BrCl3N5O/c28-19-15-34-36-24(12-23(35-26(19)36)18-7-1-2-8-20(18)29)32-13-16-5-3-6-17(11-16)14-33-27(37)25-21(30)9-4-10-22(25)31/h1-12,15,32H,13-14H2,(H,33,37). The number of hydrogen-bond donors (Lipinski definition) is 2. The molecule has 0 saturated carbocycles. The molecule has 0 bridgehead atoms. The first-order chi connectivity index (χ1) is 17.9. The van der Waals surface area contributed by atoms with Crippen molar-refractivity contribution >= 4 is 68.1 Å². The molecular formula is C27H19BrCl3N5O. The lowest BCUT2D eigenvalue weighted by molar-refractivity contribution is 0.0951. The second kappa shape index (κ2) is 11.1. The van der Waals surface area contributed by atoms with Crippen molar-refractivity contribution in [3.8, 4) is 11.3 Å². The van der Waals surface area contributed by atoms with Crippen LogP contribution in [-0.4, -0.2) is 20.5 Å². The van der Waals surface area contributed by atoms with E-state index in [1.807, 2.05) is 54.6 Å². The maximum absolute atomic E-state index is 12.6.